The number of pyridine rings is 1. The zero-order valence-electron chi connectivity index (χ0n) is 8.63. The SMILES string of the molecule is NCc1sccc1-c1cccc2nccn12. The summed E-state index contributed by atoms with van der Waals surface area (Å²) in [6.45, 7) is 0.581. The molecule has 80 valence electrons. The van der Waals surface area contributed by atoms with E-state index >= 15 is 0 Å². The predicted octanol–water partition coefficient (Wildman–Crippen LogP) is 2.52. The Kier molecular flexibility index (Phi) is 2.23. The normalized spacial score (nSPS) is 11.1. The van der Waals surface area contributed by atoms with Gasteiger partial charge in [-0.1, -0.05) is 6.07 Å². The molecule has 0 saturated heterocycles. The van der Waals surface area contributed by atoms with Crippen molar-refractivity contribution in [3.63, 3.8) is 0 Å². The third-order valence-corrected chi connectivity index (χ3v) is 3.58. The van der Waals surface area contributed by atoms with Crippen molar-refractivity contribution in [2.45, 2.75) is 6.54 Å². The molecule has 0 fully saturated rings. The lowest BCUT2D eigenvalue weighted by Gasteiger charge is -2.05. The van der Waals surface area contributed by atoms with E-state index < -0.39 is 0 Å². The molecule has 3 rings (SSSR count). The third kappa shape index (κ3) is 1.35. The van der Waals surface area contributed by atoms with Crippen molar-refractivity contribution in [2.75, 3.05) is 0 Å². The number of thiophene rings is 1. The second-order valence-electron chi connectivity index (χ2n) is 3.53. The minimum atomic E-state index is 0.581. The molecule has 3 heterocycles. The van der Waals surface area contributed by atoms with Crippen LogP contribution < -0.4 is 5.73 Å². The van der Waals surface area contributed by atoms with Crippen LogP contribution in [0.1, 0.15) is 4.88 Å². The Morgan fingerprint density at radius 2 is 2.25 bits per heavy atom. The van der Waals surface area contributed by atoms with Gasteiger partial charge < -0.3 is 5.73 Å². The van der Waals surface area contributed by atoms with Gasteiger partial charge in [-0.2, -0.15) is 0 Å². The van der Waals surface area contributed by atoms with Crippen molar-refractivity contribution in [3.8, 4) is 11.3 Å². The Bertz CT molecular complexity index is 624. The first-order valence-electron chi connectivity index (χ1n) is 5.09. The van der Waals surface area contributed by atoms with Crippen molar-refractivity contribution in [1.29, 1.82) is 0 Å². The lowest BCUT2D eigenvalue weighted by molar-refractivity contribution is 1.10. The molecule has 0 saturated carbocycles. The molecule has 0 aromatic carbocycles. The summed E-state index contributed by atoms with van der Waals surface area (Å²) in [5.74, 6) is 0. The first-order valence-corrected chi connectivity index (χ1v) is 5.97. The zero-order chi connectivity index (χ0) is 11.0. The molecule has 0 aliphatic carbocycles. The van der Waals surface area contributed by atoms with E-state index in [9.17, 15) is 0 Å². The van der Waals surface area contributed by atoms with E-state index in [-0.39, 0.29) is 0 Å². The summed E-state index contributed by atoms with van der Waals surface area (Å²) >= 11 is 1.70. The van der Waals surface area contributed by atoms with Gasteiger partial charge in [-0.15, -0.1) is 11.3 Å². The Hall–Kier alpha value is -1.65. The topological polar surface area (TPSA) is 43.3 Å². The monoisotopic (exact) mass is 229 g/mol. The molecule has 0 aliphatic heterocycles. The Balaban J connectivity index is 2.29. The van der Waals surface area contributed by atoms with Gasteiger partial charge in [0, 0.05) is 29.4 Å². The fourth-order valence-corrected chi connectivity index (χ4v) is 2.66. The van der Waals surface area contributed by atoms with Crippen LogP contribution in [0.2, 0.25) is 0 Å². The molecule has 3 aromatic rings. The molecular weight excluding hydrogens is 218 g/mol. The molecule has 3 aromatic heterocycles. The van der Waals surface area contributed by atoms with Crippen LogP contribution in [0.25, 0.3) is 16.9 Å². The summed E-state index contributed by atoms with van der Waals surface area (Å²) in [6, 6.07) is 8.23. The highest BCUT2D eigenvalue weighted by Crippen LogP contribution is 2.28. The van der Waals surface area contributed by atoms with Gasteiger partial charge in [-0.05, 0) is 23.6 Å². The average molecular weight is 229 g/mol. The smallest absolute Gasteiger partial charge is 0.137 e. The zero-order valence-corrected chi connectivity index (χ0v) is 9.45. The van der Waals surface area contributed by atoms with Crippen molar-refractivity contribution < 1.29 is 0 Å². The van der Waals surface area contributed by atoms with Crippen molar-refractivity contribution >= 4 is 17.0 Å². The van der Waals surface area contributed by atoms with Crippen LogP contribution >= 0.6 is 11.3 Å². The molecule has 4 heteroatoms. The second kappa shape index (κ2) is 3.73. The molecule has 0 radical (unpaired) electrons. The summed E-state index contributed by atoms with van der Waals surface area (Å²) in [5.41, 5.74) is 9.06. The van der Waals surface area contributed by atoms with E-state index in [0.717, 1.165) is 11.3 Å². The van der Waals surface area contributed by atoms with E-state index in [0.29, 0.717) is 6.54 Å². The largest absolute Gasteiger partial charge is 0.326 e. The van der Waals surface area contributed by atoms with Gasteiger partial charge in [0.15, 0.2) is 0 Å². The van der Waals surface area contributed by atoms with E-state index in [4.69, 9.17) is 5.73 Å². The maximum atomic E-state index is 5.74. The van der Waals surface area contributed by atoms with Gasteiger partial charge in [0.1, 0.15) is 5.65 Å². The molecule has 0 spiro atoms. The highest BCUT2D eigenvalue weighted by molar-refractivity contribution is 7.10. The van der Waals surface area contributed by atoms with Crippen LogP contribution in [0, 0.1) is 0 Å². The van der Waals surface area contributed by atoms with Gasteiger partial charge in [0.25, 0.3) is 0 Å². The molecule has 0 amide bonds. The van der Waals surface area contributed by atoms with Crippen LogP contribution in [-0.2, 0) is 6.54 Å². The van der Waals surface area contributed by atoms with Crippen LogP contribution in [0.4, 0.5) is 0 Å². The van der Waals surface area contributed by atoms with Crippen LogP contribution in [0.15, 0.2) is 42.0 Å². The van der Waals surface area contributed by atoms with Crippen molar-refractivity contribution in [3.05, 3.63) is 46.9 Å². The van der Waals surface area contributed by atoms with E-state index in [2.05, 4.69) is 26.9 Å². The fourth-order valence-electron chi connectivity index (χ4n) is 1.89. The van der Waals surface area contributed by atoms with Gasteiger partial charge in [0.2, 0.25) is 0 Å². The van der Waals surface area contributed by atoms with Gasteiger partial charge >= 0.3 is 0 Å². The van der Waals surface area contributed by atoms with Gasteiger partial charge in [-0.3, -0.25) is 4.40 Å². The van der Waals surface area contributed by atoms with Crippen molar-refractivity contribution in [2.24, 2.45) is 5.73 Å². The number of rotatable bonds is 2. The molecule has 0 aliphatic rings. The number of nitrogens with two attached hydrogens (primary N) is 1. The summed E-state index contributed by atoms with van der Waals surface area (Å²) in [7, 11) is 0. The lowest BCUT2D eigenvalue weighted by atomic mass is 10.1. The summed E-state index contributed by atoms with van der Waals surface area (Å²) in [4.78, 5) is 5.49. The number of hydrogen-bond donors (Lipinski definition) is 1. The Labute approximate surface area is 97.2 Å². The van der Waals surface area contributed by atoms with Gasteiger partial charge in [0.05, 0.1) is 5.69 Å². The highest BCUT2D eigenvalue weighted by Gasteiger charge is 2.08. The second-order valence-corrected chi connectivity index (χ2v) is 4.53. The maximum Gasteiger partial charge on any atom is 0.137 e. The number of aromatic nitrogens is 2. The Morgan fingerprint density at radius 3 is 3.12 bits per heavy atom. The average Bonchev–Trinajstić information content (AvgIpc) is 2.96. The maximum absolute atomic E-state index is 5.74. The minimum Gasteiger partial charge on any atom is -0.326 e. The van der Waals surface area contributed by atoms with Crippen molar-refractivity contribution in [1.82, 2.24) is 9.38 Å². The van der Waals surface area contributed by atoms with Crippen LogP contribution in [0.3, 0.4) is 0 Å². The standard InChI is InChI=1S/C12H11N3S/c13-8-11-9(4-7-16-11)10-2-1-3-12-14-5-6-15(10)12/h1-7H,8,13H2. The van der Waals surface area contributed by atoms with E-state index in [1.807, 2.05) is 24.5 Å². The fraction of sp³-hybridized carbons (Fsp3) is 0.0833. The molecule has 0 atom stereocenters. The molecule has 0 bridgehead atoms. The molecule has 2 N–H and O–H groups in total. The highest BCUT2D eigenvalue weighted by atomic mass is 32.1. The first-order chi connectivity index (χ1) is 7.90. The van der Waals surface area contributed by atoms with E-state index in [1.165, 1.54) is 10.4 Å². The lowest BCUT2D eigenvalue weighted by Crippen LogP contribution is -1.97. The number of hydrogen-bond acceptors (Lipinski definition) is 3. The van der Waals surface area contributed by atoms with E-state index in [1.54, 1.807) is 11.3 Å². The third-order valence-electron chi connectivity index (χ3n) is 2.64. The number of imidazole rings is 1. The predicted molar refractivity (Wildman–Crippen MR) is 66.4 cm³/mol. The molecule has 0 unspecified atom stereocenters. The number of nitrogens with zero attached hydrogens (tertiary/aromatic N) is 2. The van der Waals surface area contributed by atoms with Crippen LogP contribution in [0.5, 0.6) is 0 Å². The Morgan fingerprint density at radius 1 is 1.31 bits per heavy atom. The van der Waals surface area contributed by atoms with Crippen LogP contribution in [-0.4, -0.2) is 9.38 Å². The minimum absolute atomic E-state index is 0.581. The molecule has 3 nitrogen and oxygen atoms in total. The summed E-state index contributed by atoms with van der Waals surface area (Å²) in [5, 5.41) is 2.08. The first kappa shape index (κ1) is 9.57. The number of fused-ring (bicyclic) bond motifs is 1. The molecular formula is C12H11N3S. The summed E-state index contributed by atoms with van der Waals surface area (Å²) < 4.78 is 2.08. The molecule has 16 heavy (non-hydrogen) atoms. The quantitative estimate of drug-likeness (QED) is 0.733. The summed E-state index contributed by atoms with van der Waals surface area (Å²) in [6.07, 6.45) is 3.79. The van der Waals surface area contributed by atoms with Gasteiger partial charge in [-0.25, -0.2) is 4.98 Å².